The lowest BCUT2D eigenvalue weighted by molar-refractivity contribution is -0.234. The number of carbonyl (C=O) groups excluding carboxylic acids is 1. The summed E-state index contributed by atoms with van der Waals surface area (Å²) >= 11 is 0. The van der Waals surface area contributed by atoms with E-state index < -0.39 is 43.3 Å². The van der Waals surface area contributed by atoms with E-state index in [0.29, 0.717) is 0 Å². The van der Waals surface area contributed by atoms with E-state index in [1.807, 2.05) is 0 Å². The van der Waals surface area contributed by atoms with E-state index in [1.165, 1.54) is 0 Å². The predicted molar refractivity (Wildman–Crippen MR) is 77.0 cm³/mol. The van der Waals surface area contributed by atoms with E-state index >= 15 is 0 Å². The lowest BCUT2D eigenvalue weighted by Crippen LogP contribution is -2.63. The smallest absolute Gasteiger partial charge is 0.409 e. The molecule has 0 spiro atoms. The molecule has 1 rings (SSSR count). The highest BCUT2D eigenvalue weighted by Crippen LogP contribution is 2.19. The van der Waals surface area contributed by atoms with Gasteiger partial charge in [0.05, 0.1) is 13.2 Å². The second kappa shape index (κ2) is 9.96. The number of hydrogen-bond acceptors (Lipinski definition) is 7. The minimum Gasteiger partial charge on any atom is -0.450 e. The summed E-state index contributed by atoms with van der Waals surface area (Å²) in [7, 11) is 0. The molecule has 130 valence electrons. The van der Waals surface area contributed by atoms with Crippen molar-refractivity contribution in [3.63, 3.8) is 0 Å². The summed E-state index contributed by atoms with van der Waals surface area (Å²) < 4.78 is 10.1. The Labute approximate surface area is 130 Å². The monoisotopic (exact) mass is 321 g/mol. The number of alkyl carbamates (subject to hydrolysis) is 1. The molecule has 0 unspecified atom stereocenters. The fourth-order valence-corrected chi connectivity index (χ4v) is 2.25. The average Bonchev–Trinajstić information content (AvgIpc) is 2.51. The van der Waals surface area contributed by atoms with Gasteiger partial charge in [-0.05, 0) is 6.42 Å². The quantitative estimate of drug-likeness (QED) is 0.381. The van der Waals surface area contributed by atoms with Crippen LogP contribution in [0.5, 0.6) is 0 Å². The van der Waals surface area contributed by atoms with Crippen molar-refractivity contribution < 1.29 is 34.7 Å². The van der Waals surface area contributed by atoms with Gasteiger partial charge in [0.25, 0.3) is 0 Å². The van der Waals surface area contributed by atoms with Crippen LogP contribution in [0.2, 0.25) is 0 Å². The van der Waals surface area contributed by atoms with Crippen molar-refractivity contribution in [3.8, 4) is 0 Å². The molecule has 1 saturated heterocycles. The van der Waals surface area contributed by atoms with Gasteiger partial charge in [-0.1, -0.05) is 32.6 Å². The molecule has 1 heterocycles. The van der Waals surface area contributed by atoms with Crippen molar-refractivity contribution in [3.05, 3.63) is 0 Å². The molecule has 8 heteroatoms. The van der Waals surface area contributed by atoms with Crippen LogP contribution >= 0.6 is 0 Å². The number of nitrogens with one attached hydrogen (secondary N) is 1. The van der Waals surface area contributed by atoms with Gasteiger partial charge >= 0.3 is 6.09 Å². The Balaban J connectivity index is 2.30. The fourth-order valence-electron chi connectivity index (χ4n) is 2.25. The maximum atomic E-state index is 11.6. The number of carbonyl (C=O) groups is 1. The number of hydrogen-bond donors (Lipinski definition) is 5. The molecular formula is C14H27NO7. The van der Waals surface area contributed by atoms with E-state index in [9.17, 15) is 20.1 Å². The number of amides is 1. The molecule has 0 radical (unpaired) electrons. The molecule has 1 aliphatic heterocycles. The number of aliphatic hydroxyl groups excluding tert-OH is 4. The highest BCUT2D eigenvalue weighted by Gasteiger charge is 2.44. The van der Waals surface area contributed by atoms with E-state index in [0.717, 1.165) is 32.1 Å². The Morgan fingerprint density at radius 3 is 2.41 bits per heavy atom. The van der Waals surface area contributed by atoms with Crippen molar-refractivity contribution in [2.24, 2.45) is 0 Å². The van der Waals surface area contributed by atoms with Crippen LogP contribution in [0.15, 0.2) is 0 Å². The molecule has 1 amide bonds. The summed E-state index contributed by atoms with van der Waals surface area (Å²) in [5, 5.41) is 40.3. The summed E-state index contributed by atoms with van der Waals surface area (Å²) in [5.41, 5.74) is 0. The van der Waals surface area contributed by atoms with Crippen LogP contribution in [0.1, 0.15) is 39.0 Å². The van der Waals surface area contributed by atoms with Gasteiger partial charge in [0.2, 0.25) is 0 Å². The van der Waals surface area contributed by atoms with Crippen LogP contribution in [0.4, 0.5) is 4.79 Å². The van der Waals surface area contributed by atoms with E-state index in [4.69, 9.17) is 14.6 Å². The van der Waals surface area contributed by atoms with Gasteiger partial charge in [-0.15, -0.1) is 0 Å². The normalized spacial score (nSPS) is 31.8. The van der Waals surface area contributed by atoms with E-state index in [-0.39, 0.29) is 6.61 Å². The summed E-state index contributed by atoms with van der Waals surface area (Å²) in [4.78, 5) is 11.6. The van der Waals surface area contributed by atoms with Gasteiger partial charge in [-0.25, -0.2) is 4.79 Å². The summed E-state index contributed by atoms with van der Waals surface area (Å²) in [6.45, 7) is 1.83. The molecular weight excluding hydrogens is 294 g/mol. The van der Waals surface area contributed by atoms with Gasteiger partial charge in [-0.3, -0.25) is 5.32 Å². The molecule has 5 atom stereocenters. The molecule has 0 bridgehead atoms. The number of aliphatic hydroxyl groups is 4. The maximum absolute atomic E-state index is 11.6. The van der Waals surface area contributed by atoms with Crippen LogP contribution < -0.4 is 5.32 Å². The highest BCUT2D eigenvalue weighted by molar-refractivity contribution is 5.67. The first kappa shape index (κ1) is 19.1. The van der Waals surface area contributed by atoms with Crippen molar-refractivity contribution in [2.45, 2.75) is 69.7 Å². The lowest BCUT2D eigenvalue weighted by Gasteiger charge is -2.39. The Morgan fingerprint density at radius 1 is 1.09 bits per heavy atom. The van der Waals surface area contributed by atoms with E-state index in [1.54, 1.807) is 0 Å². The van der Waals surface area contributed by atoms with E-state index in [2.05, 4.69) is 12.2 Å². The van der Waals surface area contributed by atoms with Crippen molar-refractivity contribution in [1.82, 2.24) is 5.32 Å². The number of unbranched alkanes of at least 4 members (excludes halogenated alkanes) is 4. The van der Waals surface area contributed by atoms with Gasteiger partial charge in [-0.2, -0.15) is 0 Å². The first-order chi connectivity index (χ1) is 10.5. The minimum absolute atomic E-state index is 0.257. The highest BCUT2D eigenvalue weighted by atomic mass is 16.6. The molecule has 1 fully saturated rings. The van der Waals surface area contributed by atoms with Gasteiger partial charge in [0.1, 0.15) is 24.4 Å². The lowest BCUT2D eigenvalue weighted by atomic mass is 9.98. The average molecular weight is 321 g/mol. The third kappa shape index (κ3) is 5.69. The molecule has 0 saturated carbocycles. The summed E-state index contributed by atoms with van der Waals surface area (Å²) in [6, 6.07) is 0. The third-order valence-electron chi connectivity index (χ3n) is 3.63. The van der Waals surface area contributed by atoms with Crippen LogP contribution in [-0.4, -0.2) is 70.4 Å². The second-order valence-electron chi connectivity index (χ2n) is 5.44. The largest absolute Gasteiger partial charge is 0.450 e. The number of ether oxygens (including phenoxy) is 2. The van der Waals surface area contributed by atoms with Crippen LogP contribution in [0.25, 0.3) is 0 Å². The Kier molecular flexibility index (Phi) is 8.66. The van der Waals surface area contributed by atoms with Gasteiger partial charge in [0, 0.05) is 0 Å². The summed E-state index contributed by atoms with van der Waals surface area (Å²) in [5.74, 6) is 0. The minimum atomic E-state index is -1.52. The third-order valence-corrected chi connectivity index (χ3v) is 3.63. The first-order valence-electron chi connectivity index (χ1n) is 7.75. The standard InChI is InChI=1S/C14H27NO7/c1-2-3-4-5-6-7-21-14(20)15-13-12(19)11(18)10(17)9(8-16)22-13/h9-13,16-19H,2-8H2,1H3,(H,15,20)/t9-,10-,11+,12-,13+/m1/s1. The summed E-state index contributed by atoms with van der Waals surface area (Å²) in [6.07, 6.45) is -2.46. The van der Waals surface area contributed by atoms with Crippen molar-refractivity contribution in [1.29, 1.82) is 0 Å². The zero-order valence-corrected chi connectivity index (χ0v) is 12.9. The zero-order valence-electron chi connectivity index (χ0n) is 12.9. The Morgan fingerprint density at radius 2 is 1.77 bits per heavy atom. The van der Waals surface area contributed by atoms with Crippen LogP contribution in [-0.2, 0) is 9.47 Å². The number of rotatable bonds is 8. The molecule has 22 heavy (non-hydrogen) atoms. The van der Waals surface area contributed by atoms with Gasteiger partial charge < -0.3 is 29.9 Å². The van der Waals surface area contributed by atoms with Crippen LogP contribution in [0, 0.1) is 0 Å². The maximum Gasteiger partial charge on any atom is 0.409 e. The zero-order chi connectivity index (χ0) is 16.5. The fraction of sp³-hybridized carbons (Fsp3) is 0.929. The molecule has 5 N–H and O–H groups in total. The molecule has 0 aromatic heterocycles. The second-order valence-corrected chi connectivity index (χ2v) is 5.44. The van der Waals surface area contributed by atoms with Crippen molar-refractivity contribution >= 4 is 6.09 Å². The SMILES string of the molecule is CCCCCCCOC(=O)N[C@H]1O[C@H](CO)[C@@H](O)[C@H](O)[C@H]1O. The molecule has 0 aliphatic carbocycles. The van der Waals surface area contributed by atoms with Gasteiger partial charge in [0.15, 0.2) is 6.23 Å². The topological polar surface area (TPSA) is 128 Å². The Hall–Kier alpha value is -0.930. The molecule has 0 aromatic carbocycles. The predicted octanol–water partition coefficient (Wildman–Crippen LogP) is -0.517. The molecule has 0 aromatic rings. The van der Waals surface area contributed by atoms with Crippen molar-refractivity contribution in [2.75, 3.05) is 13.2 Å². The Bertz CT molecular complexity index is 326. The molecule has 8 nitrogen and oxygen atoms in total. The molecule has 1 aliphatic rings. The van der Waals surface area contributed by atoms with Crippen LogP contribution in [0.3, 0.4) is 0 Å². The first-order valence-corrected chi connectivity index (χ1v) is 7.75.